The molecule has 2 aliphatic heterocycles. The minimum Gasteiger partial charge on any atom is -0.304 e. The van der Waals surface area contributed by atoms with Gasteiger partial charge in [0.25, 0.3) is 20.2 Å². The van der Waals surface area contributed by atoms with Gasteiger partial charge in [-0.1, -0.05) is 54.9 Å². The van der Waals surface area contributed by atoms with Crippen molar-refractivity contribution in [3.8, 4) is 0 Å². The first-order valence-electron chi connectivity index (χ1n) is 12.4. The molecule has 8 nitrogen and oxygen atoms in total. The summed E-state index contributed by atoms with van der Waals surface area (Å²) in [6.07, 6.45) is 8.15. The zero-order valence-electron chi connectivity index (χ0n) is 21.7. The lowest BCUT2D eigenvalue weighted by Gasteiger charge is -2.38. The van der Waals surface area contributed by atoms with Gasteiger partial charge in [0, 0.05) is 42.0 Å². The molecule has 0 radical (unpaired) electrons. The second-order valence-corrected chi connectivity index (χ2v) is 14.0. The molecule has 2 N–H and O–H groups in total. The first-order valence-corrected chi connectivity index (χ1v) is 17.0. The average molecular weight is 571 g/mol. The zero-order valence-corrected chi connectivity index (χ0v) is 24.2. The van der Waals surface area contributed by atoms with E-state index in [1.807, 2.05) is 11.8 Å². The van der Waals surface area contributed by atoms with Crippen LogP contribution in [0.3, 0.4) is 0 Å². The van der Waals surface area contributed by atoms with E-state index >= 15 is 0 Å². The van der Waals surface area contributed by atoms with E-state index in [0.29, 0.717) is 18.6 Å². The molecule has 3 aliphatic rings. The molecule has 0 spiro atoms. The summed E-state index contributed by atoms with van der Waals surface area (Å²) in [5.41, 5.74) is 4.70. The lowest BCUT2D eigenvalue weighted by molar-refractivity contribution is 0.110. The fourth-order valence-electron chi connectivity index (χ4n) is 5.10. The monoisotopic (exact) mass is 570 g/mol. The van der Waals surface area contributed by atoms with Gasteiger partial charge < -0.3 is 4.90 Å². The van der Waals surface area contributed by atoms with E-state index in [1.165, 1.54) is 67.2 Å². The van der Waals surface area contributed by atoms with Gasteiger partial charge in [-0.05, 0) is 61.1 Å². The van der Waals surface area contributed by atoms with E-state index < -0.39 is 20.2 Å². The van der Waals surface area contributed by atoms with Crippen LogP contribution < -0.4 is 0 Å². The molecule has 1 saturated heterocycles. The molecule has 1 saturated carbocycles. The molecule has 0 amide bonds. The topological polar surface area (TPSA) is 115 Å². The van der Waals surface area contributed by atoms with Crippen LogP contribution in [0.2, 0.25) is 0 Å². The highest BCUT2D eigenvalue weighted by atomic mass is 32.2. The summed E-state index contributed by atoms with van der Waals surface area (Å²) in [6, 6.07) is 17.0. The molecule has 1 unspecified atom stereocenters. The van der Waals surface area contributed by atoms with Gasteiger partial charge >= 0.3 is 0 Å². The number of hydrogen-bond acceptors (Lipinski definition) is 7. The standard InChI is InChI=1S/C24H30N2S.2CH4O3S/c1-25-12-14-26(15-13-25)22-17-20-8-4-5-9-23(20)27-24-11-10-19(16-21(22)24)18-6-2-3-7-18;2*1-5(2,3)4/h4-5,8-11,16,18,22H,2-3,6-7,12-15,17H2,1H3;2*1H3,(H,2,3,4). The summed E-state index contributed by atoms with van der Waals surface area (Å²) in [5.74, 6) is 0.791. The molecule has 11 heteroatoms. The van der Waals surface area contributed by atoms with Crippen molar-refractivity contribution in [3.05, 3.63) is 59.2 Å². The van der Waals surface area contributed by atoms with Crippen molar-refractivity contribution in [2.45, 2.75) is 53.9 Å². The minimum absolute atomic E-state index is 0.520. The number of fused-ring (bicyclic) bond motifs is 2. The van der Waals surface area contributed by atoms with Gasteiger partial charge in [0.15, 0.2) is 0 Å². The Morgan fingerprint density at radius 2 is 1.41 bits per heavy atom. The number of piperazine rings is 1. The van der Waals surface area contributed by atoms with E-state index in [2.05, 4.69) is 59.3 Å². The van der Waals surface area contributed by atoms with Crippen molar-refractivity contribution in [1.82, 2.24) is 9.80 Å². The Morgan fingerprint density at radius 3 is 2.00 bits per heavy atom. The maximum absolute atomic E-state index is 9.19. The highest BCUT2D eigenvalue weighted by Gasteiger charge is 2.30. The summed E-state index contributed by atoms with van der Waals surface area (Å²) in [7, 11) is -5.08. The second kappa shape index (κ2) is 13.1. The number of likely N-dealkylation sites (N-methyl/N-ethyl adjacent to an activating group) is 1. The van der Waals surface area contributed by atoms with E-state index in [-0.39, 0.29) is 0 Å². The van der Waals surface area contributed by atoms with Crippen LogP contribution in [0.15, 0.2) is 52.3 Å². The molecule has 2 aromatic carbocycles. The molecule has 2 fully saturated rings. The van der Waals surface area contributed by atoms with Crippen molar-refractivity contribution in [2.75, 3.05) is 45.7 Å². The van der Waals surface area contributed by atoms with Gasteiger partial charge in [0.2, 0.25) is 0 Å². The van der Waals surface area contributed by atoms with Crippen molar-refractivity contribution >= 4 is 32.0 Å². The Morgan fingerprint density at radius 1 is 0.838 bits per heavy atom. The van der Waals surface area contributed by atoms with E-state index in [1.54, 1.807) is 11.1 Å². The molecule has 0 aromatic heterocycles. The van der Waals surface area contributed by atoms with Gasteiger partial charge in [-0.15, -0.1) is 0 Å². The van der Waals surface area contributed by atoms with Crippen molar-refractivity contribution in [2.24, 2.45) is 0 Å². The summed E-state index contributed by atoms with van der Waals surface area (Å²) in [6.45, 7) is 4.73. The molecule has 1 atom stereocenters. The minimum atomic E-state index is -3.67. The van der Waals surface area contributed by atoms with Crippen LogP contribution in [0.1, 0.15) is 54.3 Å². The van der Waals surface area contributed by atoms with Crippen LogP contribution in [0.5, 0.6) is 0 Å². The molecule has 0 bridgehead atoms. The maximum Gasteiger partial charge on any atom is 0.261 e. The number of hydrogen-bond donors (Lipinski definition) is 2. The Balaban J connectivity index is 0.000000327. The van der Waals surface area contributed by atoms with Crippen molar-refractivity contribution in [3.63, 3.8) is 0 Å². The van der Waals surface area contributed by atoms with Crippen molar-refractivity contribution < 1.29 is 25.9 Å². The third-order valence-corrected chi connectivity index (χ3v) is 8.01. The van der Waals surface area contributed by atoms with E-state index in [4.69, 9.17) is 9.11 Å². The van der Waals surface area contributed by atoms with Gasteiger partial charge in [-0.3, -0.25) is 14.0 Å². The summed E-state index contributed by atoms with van der Waals surface area (Å²) in [5, 5.41) is 0. The normalized spacial score (nSPS) is 20.9. The van der Waals surface area contributed by atoms with Crippen LogP contribution in [0.25, 0.3) is 0 Å². The maximum atomic E-state index is 9.19. The fraction of sp³-hybridized carbons (Fsp3) is 0.538. The molecule has 2 heterocycles. The SMILES string of the molecule is CN1CCN(C2Cc3ccccc3Sc3ccc(C4CCCC4)cc32)CC1.CS(=O)(=O)O.CS(=O)(=O)O. The summed E-state index contributed by atoms with van der Waals surface area (Å²) in [4.78, 5) is 8.14. The molecular weight excluding hydrogens is 532 g/mol. The van der Waals surface area contributed by atoms with Crippen LogP contribution in [-0.2, 0) is 26.7 Å². The molecule has 1 aliphatic carbocycles. The Bertz CT molecular complexity index is 1210. The van der Waals surface area contributed by atoms with Crippen LogP contribution in [-0.4, -0.2) is 81.5 Å². The predicted octanol–water partition coefficient (Wildman–Crippen LogP) is 4.35. The Hall–Kier alpha value is -1.47. The summed E-state index contributed by atoms with van der Waals surface area (Å²) < 4.78 is 51.7. The molecule has 5 rings (SSSR count). The highest BCUT2D eigenvalue weighted by molar-refractivity contribution is 7.99. The zero-order chi connectivity index (χ0) is 27.2. The first-order chi connectivity index (χ1) is 17.3. The fourth-order valence-corrected chi connectivity index (χ4v) is 6.22. The second-order valence-electron chi connectivity index (χ2n) is 10.0. The third-order valence-electron chi connectivity index (χ3n) is 6.80. The average Bonchev–Trinajstić information content (AvgIpc) is 3.27. The number of nitrogens with zero attached hydrogens (tertiary/aromatic N) is 2. The molecule has 37 heavy (non-hydrogen) atoms. The molecule has 206 valence electrons. The Labute approximate surface area is 225 Å². The smallest absolute Gasteiger partial charge is 0.261 e. The van der Waals surface area contributed by atoms with Crippen LogP contribution in [0.4, 0.5) is 0 Å². The Kier molecular flexibility index (Phi) is 10.6. The quantitative estimate of drug-likeness (QED) is 0.509. The van der Waals surface area contributed by atoms with Gasteiger partial charge in [-0.25, -0.2) is 0 Å². The largest absolute Gasteiger partial charge is 0.304 e. The van der Waals surface area contributed by atoms with E-state index in [9.17, 15) is 16.8 Å². The lowest BCUT2D eigenvalue weighted by atomic mass is 9.91. The third kappa shape index (κ3) is 10.3. The van der Waals surface area contributed by atoms with E-state index in [0.717, 1.165) is 12.3 Å². The van der Waals surface area contributed by atoms with Gasteiger partial charge in [0.1, 0.15) is 0 Å². The van der Waals surface area contributed by atoms with Gasteiger partial charge in [0.05, 0.1) is 12.5 Å². The van der Waals surface area contributed by atoms with Crippen molar-refractivity contribution in [1.29, 1.82) is 0 Å². The van der Waals surface area contributed by atoms with Crippen LogP contribution in [0, 0.1) is 0 Å². The molecular formula is C26H38N2O6S3. The number of benzene rings is 2. The number of rotatable bonds is 2. The lowest BCUT2D eigenvalue weighted by Crippen LogP contribution is -2.46. The van der Waals surface area contributed by atoms with Crippen LogP contribution >= 0.6 is 11.8 Å². The molecule has 2 aromatic rings. The highest BCUT2D eigenvalue weighted by Crippen LogP contribution is 2.45. The summed E-state index contributed by atoms with van der Waals surface area (Å²) >= 11 is 1.99. The predicted molar refractivity (Wildman–Crippen MR) is 149 cm³/mol. The van der Waals surface area contributed by atoms with Gasteiger partial charge in [-0.2, -0.15) is 16.8 Å². The first kappa shape index (κ1) is 30.1.